The molecule has 1 fully saturated rings. The van der Waals surface area contributed by atoms with Crippen molar-refractivity contribution in [3.8, 4) is 73.0 Å². The number of para-hydroxylation sites is 3. The molecule has 0 N–H and O–H groups in total. The van der Waals surface area contributed by atoms with Gasteiger partial charge in [-0.25, -0.2) is 4.98 Å². The predicted octanol–water partition coefficient (Wildman–Crippen LogP) is 24.1. The molecule has 1 aliphatic carbocycles. The van der Waals surface area contributed by atoms with Crippen molar-refractivity contribution in [2.24, 2.45) is 0 Å². The zero-order valence-corrected chi connectivity index (χ0v) is 57.7. The molecule has 2 atom stereocenters. The van der Waals surface area contributed by atoms with Gasteiger partial charge in [0.15, 0.2) is 0 Å². The van der Waals surface area contributed by atoms with Crippen LogP contribution in [0.2, 0.25) is 0 Å². The van der Waals surface area contributed by atoms with Crippen LogP contribution >= 0.6 is 47.8 Å². The van der Waals surface area contributed by atoms with Gasteiger partial charge in [-0.05, 0) is 198 Å². The van der Waals surface area contributed by atoms with E-state index in [1.165, 1.54) is 72.3 Å². The average molecular weight is 1350 g/mol. The summed E-state index contributed by atoms with van der Waals surface area (Å²) >= 11 is 12.6. The zero-order chi connectivity index (χ0) is 62.0. The van der Waals surface area contributed by atoms with Gasteiger partial charge in [-0.3, -0.25) is 14.5 Å². The van der Waals surface area contributed by atoms with Crippen molar-refractivity contribution in [3.05, 3.63) is 259 Å². The summed E-state index contributed by atoms with van der Waals surface area (Å²) in [4.78, 5) is 15.1. The van der Waals surface area contributed by atoms with Crippen LogP contribution in [0.25, 0.3) is 84.0 Å². The van der Waals surface area contributed by atoms with E-state index in [2.05, 4.69) is 330 Å². The highest BCUT2D eigenvalue weighted by molar-refractivity contribution is 9.11. The predicted molar refractivity (Wildman–Crippen MR) is 382 cm³/mol. The van der Waals surface area contributed by atoms with E-state index in [9.17, 15) is 0 Å². The summed E-state index contributed by atoms with van der Waals surface area (Å²) in [6.07, 6.45) is 6.87. The summed E-state index contributed by atoms with van der Waals surface area (Å²) in [6.45, 7) is 27.6. The number of hydrogen-bond donors (Lipinski definition) is 0. The van der Waals surface area contributed by atoms with Crippen LogP contribution in [-0.4, -0.2) is 19.5 Å². The average Bonchev–Trinajstić information content (AvgIpc) is 2.84. The molecular weight excluding hydrogens is 1270 g/mol. The zero-order valence-electron chi connectivity index (χ0n) is 52.9. The summed E-state index contributed by atoms with van der Waals surface area (Å²) in [6, 6.07) is 72.4. The third-order valence-corrected chi connectivity index (χ3v) is 20.2. The highest BCUT2D eigenvalue weighted by atomic mass is 79.9. The smallest absolute Gasteiger partial charge is 0.145 e. The number of aromatic nitrogens is 4. The summed E-state index contributed by atoms with van der Waals surface area (Å²) in [5, 5.41) is 0. The van der Waals surface area contributed by atoms with Crippen molar-refractivity contribution in [2.75, 3.05) is 0 Å². The summed E-state index contributed by atoms with van der Waals surface area (Å²) in [7, 11) is 0. The lowest BCUT2D eigenvalue weighted by atomic mass is 9.65. The van der Waals surface area contributed by atoms with E-state index in [0.717, 1.165) is 83.3 Å². The van der Waals surface area contributed by atoms with E-state index in [0.29, 0.717) is 0 Å². The standard InChI is InChI=1S/C81H79Br3N4/c1-78(2,3)56-29-34-62(68(46-56)66-31-26-50(43-70(66)82)74-48-58(36-38-85-74)80(7,8)9)54-40-53(61-22-16-17-23-64(61)65-33-28-52(45-72(65)84)77-87-73-24-18-19-25-76(73)88(77)60-20-14-13-15-21-60)41-55(42-54)63-35-30-57(79(4,5)6)47-69(63)67-32-27-51(44-71(67)83)75-49-59(37-39-86-75)81(10,11)12/h13-39,43-49,53-55H,40-42H2,1-12H3. The van der Waals surface area contributed by atoms with Crippen molar-refractivity contribution >= 4 is 58.8 Å². The van der Waals surface area contributed by atoms with E-state index in [-0.39, 0.29) is 39.4 Å². The SMILES string of the molecule is CC(C)(C)c1ccnc(-c2ccc(-c3cc(C(C)(C)C)ccc3C3CC(c4ccccc4-c4ccc(-c5nc6ccccc6n5-c5ccccc5)cc4Br)CC(c4ccc(C(C)(C)C)cc4-c4ccc(-c5cc(C(C)(C)C)ccn5)cc4Br)C3)c(Br)c2)c1. The Labute approximate surface area is 547 Å². The number of pyridine rings is 2. The molecule has 3 aromatic heterocycles. The molecule has 0 saturated heterocycles. The van der Waals surface area contributed by atoms with Crippen molar-refractivity contribution in [3.63, 3.8) is 0 Å². The van der Waals surface area contributed by atoms with Crippen molar-refractivity contribution in [2.45, 2.75) is 142 Å². The minimum Gasteiger partial charge on any atom is -0.292 e. The van der Waals surface area contributed by atoms with E-state index < -0.39 is 0 Å². The van der Waals surface area contributed by atoms with E-state index in [1.807, 2.05) is 12.4 Å². The minimum absolute atomic E-state index is 0.00568. The van der Waals surface area contributed by atoms with Gasteiger partial charge in [-0.2, -0.15) is 0 Å². The third-order valence-electron chi connectivity index (χ3n) is 18.3. The molecule has 0 radical (unpaired) electrons. The Hall–Kier alpha value is -7.03. The van der Waals surface area contributed by atoms with Crippen molar-refractivity contribution < 1.29 is 0 Å². The fraction of sp³-hybridized carbons (Fsp3) is 0.272. The highest BCUT2D eigenvalue weighted by Crippen LogP contribution is 2.55. The lowest BCUT2D eigenvalue weighted by molar-refractivity contribution is 0.352. The van der Waals surface area contributed by atoms with Crippen LogP contribution in [0.5, 0.6) is 0 Å². The number of benzene rings is 8. The van der Waals surface area contributed by atoms with Crippen molar-refractivity contribution in [1.82, 2.24) is 19.5 Å². The fourth-order valence-corrected chi connectivity index (χ4v) is 15.0. The second-order valence-electron chi connectivity index (χ2n) is 28.5. The first-order valence-corrected chi connectivity index (χ1v) is 33.5. The normalized spacial score (nSPS) is 15.9. The largest absolute Gasteiger partial charge is 0.292 e. The Morgan fingerprint density at radius 2 is 0.750 bits per heavy atom. The van der Waals surface area contributed by atoms with E-state index in [1.54, 1.807) is 0 Å². The van der Waals surface area contributed by atoms with Gasteiger partial charge in [-0.15, -0.1) is 0 Å². The van der Waals surface area contributed by atoms with Crippen molar-refractivity contribution in [1.29, 1.82) is 0 Å². The fourth-order valence-electron chi connectivity index (χ4n) is 13.2. The molecule has 12 rings (SSSR count). The summed E-state index contributed by atoms with van der Waals surface area (Å²) in [5.41, 5.74) is 24.9. The van der Waals surface area contributed by atoms with Crippen LogP contribution in [0.15, 0.2) is 220 Å². The van der Waals surface area contributed by atoms with Crippen LogP contribution in [-0.2, 0) is 21.7 Å². The van der Waals surface area contributed by atoms with Gasteiger partial charge in [0, 0.05) is 48.2 Å². The van der Waals surface area contributed by atoms with Gasteiger partial charge in [0.25, 0.3) is 0 Å². The van der Waals surface area contributed by atoms with Gasteiger partial charge in [-0.1, -0.05) is 258 Å². The minimum atomic E-state index is -0.0667. The van der Waals surface area contributed by atoms with Crippen LogP contribution in [0.3, 0.4) is 0 Å². The maximum Gasteiger partial charge on any atom is 0.145 e. The molecule has 3 heterocycles. The first-order valence-electron chi connectivity index (χ1n) is 31.1. The molecule has 0 amide bonds. The van der Waals surface area contributed by atoms with Crippen LogP contribution in [0.4, 0.5) is 0 Å². The number of hydrogen-bond acceptors (Lipinski definition) is 3. The maximum atomic E-state index is 5.26. The Kier molecular flexibility index (Phi) is 16.7. The second-order valence-corrected chi connectivity index (χ2v) is 31.1. The first-order chi connectivity index (χ1) is 41.9. The Morgan fingerprint density at radius 3 is 1.23 bits per heavy atom. The number of halogens is 3. The van der Waals surface area contributed by atoms with Gasteiger partial charge in [0.05, 0.1) is 22.4 Å². The van der Waals surface area contributed by atoms with Crippen LogP contribution in [0, 0.1) is 0 Å². The molecule has 88 heavy (non-hydrogen) atoms. The molecule has 7 heteroatoms. The lowest BCUT2D eigenvalue weighted by Crippen LogP contribution is -2.22. The molecule has 11 aromatic rings. The summed E-state index contributed by atoms with van der Waals surface area (Å²) < 4.78 is 5.45. The Balaban J connectivity index is 1.01. The molecule has 2 unspecified atom stereocenters. The first kappa shape index (κ1) is 61.2. The lowest BCUT2D eigenvalue weighted by Gasteiger charge is -2.39. The molecule has 8 aromatic carbocycles. The Bertz CT molecular complexity index is 4230. The number of nitrogens with zero attached hydrogens (tertiary/aromatic N) is 4. The summed E-state index contributed by atoms with van der Waals surface area (Å²) in [5.74, 6) is 1.53. The van der Waals surface area contributed by atoms with E-state index in [4.69, 9.17) is 15.0 Å². The Morgan fingerprint density at radius 1 is 0.352 bits per heavy atom. The van der Waals surface area contributed by atoms with Crippen LogP contribution in [0.1, 0.15) is 159 Å². The molecule has 4 nitrogen and oxygen atoms in total. The number of imidazole rings is 1. The maximum absolute atomic E-state index is 5.26. The quantitative estimate of drug-likeness (QED) is 0.137. The molecular formula is C81H79Br3N4. The molecule has 1 aliphatic rings. The van der Waals surface area contributed by atoms with Gasteiger partial charge in [0.1, 0.15) is 5.82 Å². The molecule has 0 bridgehead atoms. The third kappa shape index (κ3) is 12.5. The molecule has 0 aliphatic heterocycles. The second kappa shape index (κ2) is 24.1. The molecule has 444 valence electrons. The number of fused-ring (bicyclic) bond motifs is 1. The molecule has 0 spiro atoms. The van der Waals surface area contributed by atoms with E-state index >= 15 is 0 Å². The van der Waals surface area contributed by atoms with Crippen LogP contribution < -0.4 is 0 Å². The van der Waals surface area contributed by atoms with Gasteiger partial charge in [0.2, 0.25) is 0 Å². The molecule has 1 saturated carbocycles. The van der Waals surface area contributed by atoms with Gasteiger partial charge >= 0.3 is 0 Å². The monoisotopic (exact) mass is 1340 g/mol. The van der Waals surface area contributed by atoms with Gasteiger partial charge < -0.3 is 0 Å². The number of rotatable bonds is 10. The highest BCUT2D eigenvalue weighted by Gasteiger charge is 2.36. The topological polar surface area (TPSA) is 43.6 Å².